The van der Waals surface area contributed by atoms with Gasteiger partial charge in [-0.3, -0.25) is 14.5 Å². The highest BCUT2D eigenvalue weighted by Gasteiger charge is 2.27. The first kappa shape index (κ1) is 19.5. The molecule has 0 spiro atoms. The number of carbonyl (C=O) groups excluding carboxylic acids is 1. The fraction of sp³-hybridized carbons (Fsp3) is 0.400. The Morgan fingerprint density at radius 3 is 2.76 bits per heavy atom. The number of carbonyl (C=O) groups is 1. The van der Waals surface area contributed by atoms with Gasteiger partial charge in [-0.2, -0.15) is 5.10 Å². The molecular formula is C20H23FN6OS. The molecule has 1 aliphatic rings. The highest BCUT2D eigenvalue weighted by atomic mass is 32.1. The number of thiazole rings is 1. The van der Waals surface area contributed by atoms with Crippen molar-refractivity contribution < 1.29 is 9.18 Å². The molecule has 0 unspecified atom stereocenters. The smallest absolute Gasteiger partial charge is 0.223 e. The summed E-state index contributed by atoms with van der Waals surface area (Å²) in [5, 5.41) is 9.99. The number of rotatable bonds is 5. The van der Waals surface area contributed by atoms with Crippen LogP contribution >= 0.6 is 11.3 Å². The number of nitrogens with zero attached hydrogens (tertiary/aromatic N) is 5. The molecule has 9 heteroatoms. The minimum atomic E-state index is -0.347. The van der Waals surface area contributed by atoms with Crippen molar-refractivity contribution in [3.63, 3.8) is 0 Å². The summed E-state index contributed by atoms with van der Waals surface area (Å²) in [6, 6.07) is 1.78. The van der Waals surface area contributed by atoms with Gasteiger partial charge in [-0.15, -0.1) is 11.3 Å². The maximum Gasteiger partial charge on any atom is 0.223 e. The third-order valence-electron chi connectivity index (χ3n) is 5.30. The first-order chi connectivity index (χ1) is 14.0. The van der Waals surface area contributed by atoms with E-state index in [2.05, 4.69) is 20.4 Å². The van der Waals surface area contributed by atoms with Crippen LogP contribution in [0.1, 0.15) is 23.4 Å². The van der Waals surface area contributed by atoms with E-state index in [0.717, 1.165) is 16.3 Å². The van der Waals surface area contributed by atoms with Gasteiger partial charge in [0.25, 0.3) is 0 Å². The molecule has 0 saturated carbocycles. The molecule has 3 aromatic rings. The first-order valence-corrected chi connectivity index (χ1v) is 10.5. The molecule has 3 aromatic heterocycles. The van der Waals surface area contributed by atoms with Crippen molar-refractivity contribution in [2.24, 2.45) is 13.0 Å². The number of piperidine rings is 1. The molecule has 0 aliphatic carbocycles. The van der Waals surface area contributed by atoms with E-state index in [1.165, 1.54) is 17.5 Å². The van der Waals surface area contributed by atoms with Crippen LogP contribution in [-0.4, -0.2) is 38.7 Å². The second kappa shape index (κ2) is 8.28. The summed E-state index contributed by atoms with van der Waals surface area (Å²) in [7, 11) is 1.85. The second-order valence-corrected chi connectivity index (χ2v) is 8.20. The number of hydrogen-bond acceptors (Lipinski definition) is 6. The Morgan fingerprint density at radius 2 is 2.10 bits per heavy atom. The number of aryl methyl sites for hydroxylation is 2. The molecule has 1 saturated heterocycles. The fourth-order valence-corrected chi connectivity index (χ4v) is 4.30. The van der Waals surface area contributed by atoms with Crippen LogP contribution in [0.3, 0.4) is 0 Å². The number of hydrogen-bond donors (Lipinski definition) is 1. The van der Waals surface area contributed by atoms with Crippen molar-refractivity contribution in [3.8, 4) is 11.4 Å². The van der Waals surface area contributed by atoms with Crippen LogP contribution in [0.4, 0.5) is 10.1 Å². The molecule has 1 amide bonds. The Labute approximate surface area is 172 Å². The molecule has 1 N–H and O–H groups in total. The first-order valence-electron chi connectivity index (χ1n) is 9.58. The zero-order chi connectivity index (χ0) is 20.4. The summed E-state index contributed by atoms with van der Waals surface area (Å²) in [6.45, 7) is 3.67. The van der Waals surface area contributed by atoms with Crippen LogP contribution in [0.2, 0.25) is 0 Å². The molecule has 0 bridgehead atoms. The summed E-state index contributed by atoms with van der Waals surface area (Å²) >= 11 is 1.53. The Morgan fingerprint density at radius 1 is 1.31 bits per heavy atom. The van der Waals surface area contributed by atoms with Gasteiger partial charge < -0.3 is 10.2 Å². The van der Waals surface area contributed by atoms with Crippen LogP contribution in [0.15, 0.2) is 30.0 Å². The monoisotopic (exact) mass is 414 g/mol. The average Bonchev–Trinajstić information content (AvgIpc) is 3.37. The molecular weight excluding hydrogens is 391 g/mol. The largest absolute Gasteiger partial charge is 0.369 e. The number of amides is 1. The summed E-state index contributed by atoms with van der Waals surface area (Å²) < 4.78 is 16.3. The molecule has 1 fully saturated rings. The molecule has 0 atom stereocenters. The van der Waals surface area contributed by atoms with E-state index in [1.54, 1.807) is 23.1 Å². The lowest BCUT2D eigenvalue weighted by molar-refractivity contribution is -0.125. The number of halogens is 1. The Kier molecular flexibility index (Phi) is 5.57. The van der Waals surface area contributed by atoms with Gasteiger partial charge in [-0.1, -0.05) is 0 Å². The number of aromatic nitrogens is 4. The van der Waals surface area contributed by atoms with Crippen LogP contribution < -0.4 is 10.2 Å². The molecule has 0 radical (unpaired) electrons. The van der Waals surface area contributed by atoms with Crippen molar-refractivity contribution in [2.75, 3.05) is 18.0 Å². The van der Waals surface area contributed by atoms with E-state index in [1.807, 2.05) is 24.3 Å². The van der Waals surface area contributed by atoms with Crippen molar-refractivity contribution >= 4 is 22.9 Å². The lowest BCUT2D eigenvalue weighted by atomic mass is 9.95. The van der Waals surface area contributed by atoms with E-state index in [4.69, 9.17) is 0 Å². The highest BCUT2D eigenvalue weighted by Crippen LogP contribution is 2.30. The quantitative estimate of drug-likeness (QED) is 0.695. The lowest BCUT2D eigenvalue weighted by Gasteiger charge is -2.33. The predicted molar refractivity (Wildman–Crippen MR) is 110 cm³/mol. The third-order valence-corrected chi connectivity index (χ3v) is 6.08. The Balaban J connectivity index is 1.42. The van der Waals surface area contributed by atoms with Gasteiger partial charge in [-0.25, -0.2) is 9.37 Å². The molecule has 4 rings (SSSR count). The molecule has 29 heavy (non-hydrogen) atoms. The SMILES string of the molecule is Cc1cnn(C)c1-c1cc(N2CCC(C(=O)NCc3nccs3)CC2)c(F)cn1. The summed E-state index contributed by atoms with van der Waals surface area (Å²) in [4.78, 5) is 22.9. The van der Waals surface area contributed by atoms with E-state index in [0.29, 0.717) is 43.9 Å². The van der Waals surface area contributed by atoms with Gasteiger partial charge in [0.05, 0.1) is 36.0 Å². The van der Waals surface area contributed by atoms with E-state index in [-0.39, 0.29) is 17.6 Å². The lowest BCUT2D eigenvalue weighted by Crippen LogP contribution is -2.40. The van der Waals surface area contributed by atoms with Crippen molar-refractivity contribution in [3.05, 3.63) is 46.4 Å². The molecule has 4 heterocycles. The predicted octanol–water partition coefficient (Wildman–Crippen LogP) is 2.92. The van der Waals surface area contributed by atoms with Crippen LogP contribution in [0, 0.1) is 18.7 Å². The van der Waals surface area contributed by atoms with Gasteiger partial charge in [0, 0.05) is 37.6 Å². The molecule has 0 aromatic carbocycles. The second-order valence-electron chi connectivity index (χ2n) is 7.23. The van der Waals surface area contributed by atoms with E-state index >= 15 is 0 Å². The van der Waals surface area contributed by atoms with Crippen LogP contribution in [0.25, 0.3) is 11.4 Å². The summed E-state index contributed by atoms with van der Waals surface area (Å²) in [5.74, 6) is -0.364. The maximum absolute atomic E-state index is 14.5. The van der Waals surface area contributed by atoms with Crippen LogP contribution in [-0.2, 0) is 18.4 Å². The van der Waals surface area contributed by atoms with E-state index < -0.39 is 0 Å². The highest BCUT2D eigenvalue weighted by molar-refractivity contribution is 7.09. The van der Waals surface area contributed by atoms with Crippen molar-refractivity contribution in [1.29, 1.82) is 0 Å². The Bertz CT molecular complexity index is 975. The minimum absolute atomic E-state index is 0.0428. The maximum atomic E-state index is 14.5. The molecule has 152 valence electrons. The topological polar surface area (TPSA) is 75.9 Å². The zero-order valence-electron chi connectivity index (χ0n) is 16.4. The zero-order valence-corrected chi connectivity index (χ0v) is 17.2. The van der Waals surface area contributed by atoms with Crippen molar-refractivity contribution in [1.82, 2.24) is 25.1 Å². The van der Waals surface area contributed by atoms with E-state index in [9.17, 15) is 9.18 Å². The van der Waals surface area contributed by atoms with Crippen molar-refractivity contribution in [2.45, 2.75) is 26.3 Å². The standard InChI is InChI=1S/C20H23FN6OS/c1-13-10-25-26(2)19(13)16-9-17(15(21)11-23-16)27-6-3-14(4-7-27)20(28)24-12-18-22-5-8-29-18/h5,8-11,14H,3-4,6-7,12H2,1-2H3,(H,24,28). The van der Waals surface area contributed by atoms with Gasteiger partial charge in [0.15, 0.2) is 5.82 Å². The average molecular weight is 415 g/mol. The van der Waals surface area contributed by atoms with Gasteiger partial charge in [-0.05, 0) is 31.4 Å². The Hall–Kier alpha value is -2.81. The number of anilines is 1. The van der Waals surface area contributed by atoms with Crippen LogP contribution in [0.5, 0.6) is 0 Å². The van der Waals surface area contributed by atoms with Gasteiger partial charge >= 0.3 is 0 Å². The van der Waals surface area contributed by atoms with Gasteiger partial charge in [0.2, 0.25) is 5.91 Å². The summed E-state index contributed by atoms with van der Waals surface area (Å²) in [5.41, 5.74) is 3.09. The normalized spacial score (nSPS) is 14.9. The third kappa shape index (κ3) is 4.14. The van der Waals surface area contributed by atoms with Gasteiger partial charge in [0.1, 0.15) is 5.01 Å². The number of pyridine rings is 1. The fourth-order valence-electron chi connectivity index (χ4n) is 3.74. The summed E-state index contributed by atoms with van der Waals surface area (Å²) in [6.07, 6.45) is 6.14. The minimum Gasteiger partial charge on any atom is -0.369 e. The molecule has 1 aliphatic heterocycles. The molecule has 7 nitrogen and oxygen atoms in total. The number of nitrogens with one attached hydrogen (secondary N) is 1.